The summed E-state index contributed by atoms with van der Waals surface area (Å²) in [6, 6.07) is 10.4. The molecule has 132 valence electrons. The van der Waals surface area contributed by atoms with Crippen LogP contribution in [0.25, 0.3) is 0 Å². The van der Waals surface area contributed by atoms with Crippen molar-refractivity contribution in [1.82, 2.24) is 15.3 Å². The Morgan fingerprint density at radius 3 is 2.48 bits per heavy atom. The van der Waals surface area contributed by atoms with Crippen molar-refractivity contribution in [3.8, 4) is 0 Å². The lowest BCUT2D eigenvalue weighted by molar-refractivity contribution is 0.0938. The molecule has 0 aliphatic carbocycles. The molecule has 2 heterocycles. The number of aromatic nitrogens is 2. The molecule has 0 atom stereocenters. The fraction of sp³-hybridized carbons (Fsp3) is 0.421. The summed E-state index contributed by atoms with van der Waals surface area (Å²) in [4.78, 5) is 25.2. The second kappa shape index (κ2) is 7.51. The van der Waals surface area contributed by atoms with Gasteiger partial charge in [0.15, 0.2) is 0 Å². The predicted octanol–water partition coefficient (Wildman–Crippen LogP) is 2.25. The third kappa shape index (κ3) is 4.26. The van der Waals surface area contributed by atoms with Gasteiger partial charge in [-0.2, -0.15) is 0 Å². The minimum absolute atomic E-state index is 0.0868. The average molecular weight is 339 g/mol. The third-order valence-corrected chi connectivity index (χ3v) is 4.28. The first-order valence-corrected chi connectivity index (χ1v) is 8.72. The van der Waals surface area contributed by atoms with Crippen molar-refractivity contribution in [2.75, 3.05) is 36.0 Å². The number of rotatable bonds is 4. The molecule has 25 heavy (non-hydrogen) atoms. The smallest absolute Gasteiger partial charge is 0.270 e. The normalized spacial score (nSPS) is 14.7. The Labute approximate surface area is 148 Å². The van der Waals surface area contributed by atoms with Crippen LogP contribution in [0.2, 0.25) is 0 Å². The van der Waals surface area contributed by atoms with Crippen molar-refractivity contribution in [2.45, 2.75) is 26.8 Å². The molecule has 6 heteroatoms. The molecule has 1 fully saturated rings. The Balaban J connectivity index is 1.66. The van der Waals surface area contributed by atoms with Crippen molar-refractivity contribution in [3.63, 3.8) is 0 Å². The van der Waals surface area contributed by atoms with Crippen LogP contribution in [0.1, 0.15) is 29.9 Å². The molecule has 0 saturated carbocycles. The molecule has 0 bridgehead atoms. The molecule has 1 amide bonds. The van der Waals surface area contributed by atoms with E-state index in [4.69, 9.17) is 0 Å². The lowest BCUT2D eigenvalue weighted by Crippen LogP contribution is -2.47. The van der Waals surface area contributed by atoms with Crippen LogP contribution in [0.5, 0.6) is 0 Å². The quantitative estimate of drug-likeness (QED) is 0.926. The molecule has 1 aromatic carbocycles. The topological polar surface area (TPSA) is 61.4 Å². The molecule has 1 aliphatic heterocycles. The number of carbonyl (C=O) groups is 1. The Kier molecular flexibility index (Phi) is 5.16. The van der Waals surface area contributed by atoms with Crippen LogP contribution in [0.3, 0.4) is 0 Å². The molecule has 0 unspecified atom stereocenters. The number of piperazine rings is 1. The summed E-state index contributed by atoms with van der Waals surface area (Å²) >= 11 is 0. The number of aryl methyl sites for hydroxylation is 1. The zero-order chi connectivity index (χ0) is 17.8. The first kappa shape index (κ1) is 17.2. The van der Waals surface area contributed by atoms with Gasteiger partial charge in [0.25, 0.3) is 5.91 Å². The number of carbonyl (C=O) groups excluding carboxylic acids is 1. The molecule has 3 rings (SSSR count). The van der Waals surface area contributed by atoms with Crippen molar-refractivity contribution in [1.29, 1.82) is 0 Å². The SMILES string of the molecule is Cc1cccc(N2CCN(c3cc(C(=O)NC(C)C)ncn3)CC2)c1. The molecule has 2 aromatic rings. The highest BCUT2D eigenvalue weighted by atomic mass is 16.1. The van der Waals surface area contributed by atoms with Crippen molar-refractivity contribution in [2.24, 2.45) is 0 Å². The average Bonchev–Trinajstić information content (AvgIpc) is 2.61. The number of benzene rings is 1. The summed E-state index contributed by atoms with van der Waals surface area (Å²) < 4.78 is 0. The number of nitrogens with zero attached hydrogens (tertiary/aromatic N) is 4. The molecular weight excluding hydrogens is 314 g/mol. The number of anilines is 2. The molecule has 0 radical (unpaired) electrons. The summed E-state index contributed by atoms with van der Waals surface area (Å²) in [6.07, 6.45) is 1.47. The Hall–Kier alpha value is -2.63. The van der Waals surface area contributed by atoms with Gasteiger partial charge in [0.05, 0.1) is 0 Å². The second-order valence-electron chi connectivity index (χ2n) is 6.70. The molecule has 1 aromatic heterocycles. The minimum atomic E-state index is -0.156. The van der Waals surface area contributed by atoms with Crippen LogP contribution in [0, 0.1) is 6.92 Å². The number of nitrogens with one attached hydrogen (secondary N) is 1. The van der Waals surface area contributed by atoms with Gasteiger partial charge in [-0.3, -0.25) is 4.79 Å². The highest BCUT2D eigenvalue weighted by Crippen LogP contribution is 2.20. The largest absolute Gasteiger partial charge is 0.368 e. The van der Waals surface area contributed by atoms with Gasteiger partial charge in [-0.25, -0.2) is 9.97 Å². The van der Waals surface area contributed by atoms with Gasteiger partial charge in [-0.1, -0.05) is 12.1 Å². The van der Waals surface area contributed by atoms with Gasteiger partial charge in [-0.15, -0.1) is 0 Å². The zero-order valence-corrected chi connectivity index (χ0v) is 15.1. The van der Waals surface area contributed by atoms with E-state index in [1.165, 1.54) is 17.6 Å². The lowest BCUT2D eigenvalue weighted by Gasteiger charge is -2.36. The van der Waals surface area contributed by atoms with Gasteiger partial charge < -0.3 is 15.1 Å². The van der Waals surface area contributed by atoms with Gasteiger partial charge >= 0.3 is 0 Å². The number of hydrogen-bond acceptors (Lipinski definition) is 5. The summed E-state index contributed by atoms with van der Waals surface area (Å²) in [5.41, 5.74) is 2.95. The molecule has 0 spiro atoms. The van der Waals surface area contributed by atoms with Crippen LogP contribution in [-0.2, 0) is 0 Å². The summed E-state index contributed by atoms with van der Waals surface area (Å²) in [5, 5.41) is 2.87. The first-order valence-electron chi connectivity index (χ1n) is 8.72. The molecule has 1 saturated heterocycles. The van der Waals surface area contributed by atoms with E-state index in [-0.39, 0.29) is 11.9 Å². The van der Waals surface area contributed by atoms with Gasteiger partial charge in [-0.05, 0) is 38.5 Å². The summed E-state index contributed by atoms with van der Waals surface area (Å²) in [6.45, 7) is 9.59. The summed E-state index contributed by atoms with van der Waals surface area (Å²) in [7, 11) is 0. The Morgan fingerprint density at radius 2 is 1.80 bits per heavy atom. The van der Waals surface area contributed by atoms with Crippen LogP contribution < -0.4 is 15.1 Å². The van der Waals surface area contributed by atoms with Crippen LogP contribution >= 0.6 is 0 Å². The highest BCUT2D eigenvalue weighted by molar-refractivity contribution is 5.93. The highest BCUT2D eigenvalue weighted by Gasteiger charge is 2.20. The minimum Gasteiger partial charge on any atom is -0.368 e. The predicted molar refractivity (Wildman–Crippen MR) is 100 cm³/mol. The summed E-state index contributed by atoms with van der Waals surface area (Å²) in [5.74, 6) is 0.657. The third-order valence-electron chi connectivity index (χ3n) is 4.28. The first-order chi connectivity index (χ1) is 12.0. The van der Waals surface area contributed by atoms with E-state index in [0.29, 0.717) is 5.69 Å². The molecule has 6 nitrogen and oxygen atoms in total. The molecular formula is C19H25N5O. The van der Waals surface area contributed by atoms with Crippen molar-refractivity contribution < 1.29 is 4.79 Å². The Bertz CT molecular complexity index is 738. The maximum atomic E-state index is 12.1. The van der Waals surface area contributed by atoms with Gasteiger partial charge in [0.2, 0.25) is 0 Å². The number of hydrogen-bond donors (Lipinski definition) is 1. The van der Waals surface area contributed by atoms with E-state index in [1.807, 2.05) is 13.8 Å². The van der Waals surface area contributed by atoms with Crippen LogP contribution in [0.15, 0.2) is 36.7 Å². The van der Waals surface area contributed by atoms with E-state index in [9.17, 15) is 4.79 Å². The monoisotopic (exact) mass is 339 g/mol. The van der Waals surface area contributed by atoms with Gasteiger partial charge in [0, 0.05) is 44.0 Å². The fourth-order valence-corrected chi connectivity index (χ4v) is 3.00. The standard InChI is InChI=1S/C19H25N5O/c1-14(2)22-19(25)17-12-18(21-13-20-17)24-9-7-23(8-10-24)16-6-4-5-15(3)11-16/h4-6,11-14H,7-10H2,1-3H3,(H,22,25). The van der Waals surface area contributed by atoms with Crippen LogP contribution in [-0.4, -0.2) is 48.1 Å². The molecule has 1 aliphatic rings. The van der Waals surface area contributed by atoms with E-state index in [0.717, 1.165) is 32.0 Å². The van der Waals surface area contributed by atoms with E-state index < -0.39 is 0 Å². The second-order valence-corrected chi connectivity index (χ2v) is 6.70. The zero-order valence-electron chi connectivity index (χ0n) is 15.1. The number of amides is 1. The van der Waals surface area contributed by atoms with Crippen LogP contribution in [0.4, 0.5) is 11.5 Å². The molecule has 1 N–H and O–H groups in total. The lowest BCUT2D eigenvalue weighted by atomic mass is 10.2. The maximum Gasteiger partial charge on any atom is 0.270 e. The van der Waals surface area contributed by atoms with Gasteiger partial charge in [0.1, 0.15) is 17.8 Å². The van der Waals surface area contributed by atoms with Crippen molar-refractivity contribution in [3.05, 3.63) is 47.9 Å². The maximum absolute atomic E-state index is 12.1. The van der Waals surface area contributed by atoms with E-state index in [1.54, 1.807) is 6.07 Å². The van der Waals surface area contributed by atoms with E-state index >= 15 is 0 Å². The van der Waals surface area contributed by atoms with Crippen molar-refractivity contribution >= 4 is 17.4 Å². The Morgan fingerprint density at radius 1 is 1.08 bits per heavy atom. The fourth-order valence-electron chi connectivity index (χ4n) is 3.00. The van der Waals surface area contributed by atoms with E-state index in [2.05, 4.69) is 56.3 Å².